The number of halogens is 3. The van der Waals surface area contributed by atoms with Gasteiger partial charge in [0.15, 0.2) is 11.6 Å². The highest BCUT2D eigenvalue weighted by Crippen LogP contribution is 2.28. The number of hydrogen-bond acceptors (Lipinski definition) is 1. The summed E-state index contributed by atoms with van der Waals surface area (Å²) in [5, 5.41) is 0. The quantitative estimate of drug-likeness (QED) is 0.721. The Morgan fingerprint density at radius 2 is 2.06 bits per heavy atom. The van der Waals surface area contributed by atoms with Crippen molar-refractivity contribution in [1.82, 2.24) is 4.90 Å². The number of nitrogens with zero attached hydrogens (tertiary/aromatic N) is 1. The van der Waals surface area contributed by atoms with E-state index < -0.39 is 11.6 Å². The summed E-state index contributed by atoms with van der Waals surface area (Å²) >= 11 is 5.70. The Balaban J connectivity index is 2.08. The van der Waals surface area contributed by atoms with Crippen molar-refractivity contribution in [1.29, 1.82) is 0 Å². The molecule has 1 aromatic carbocycles. The van der Waals surface area contributed by atoms with Crippen LogP contribution in [-0.4, -0.2) is 23.4 Å². The maximum Gasteiger partial charge on any atom is 0.163 e. The van der Waals surface area contributed by atoms with Crippen LogP contribution in [0.25, 0.3) is 0 Å². The van der Waals surface area contributed by atoms with Gasteiger partial charge in [0.1, 0.15) is 0 Å². The highest BCUT2D eigenvalue weighted by atomic mass is 35.5. The first-order chi connectivity index (χ1) is 7.72. The van der Waals surface area contributed by atoms with Crippen molar-refractivity contribution >= 4 is 11.6 Å². The normalized spacial score (nSPS) is 15.8. The minimum atomic E-state index is -0.779. The Morgan fingerprint density at radius 1 is 1.31 bits per heavy atom. The lowest BCUT2D eigenvalue weighted by Gasteiger charge is -2.21. The third-order valence-corrected chi connectivity index (χ3v) is 3.01. The van der Waals surface area contributed by atoms with Crippen LogP contribution in [0, 0.1) is 11.6 Å². The van der Waals surface area contributed by atoms with Crippen LogP contribution >= 0.6 is 11.6 Å². The largest absolute Gasteiger partial charge is 0.295 e. The van der Waals surface area contributed by atoms with Crippen LogP contribution in [0.5, 0.6) is 0 Å². The zero-order valence-corrected chi connectivity index (χ0v) is 9.68. The van der Waals surface area contributed by atoms with Gasteiger partial charge in [0.05, 0.1) is 0 Å². The van der Waals surface area contributed by atoms with Gasteiger partial charge < -0.3 is 0 Å². The Hall–Kier alpha value is -0.670. The molecule has 0 spiro atoms. The molecule has 0 aliphatic heterocycles. The van der Waals surface area contributed by atoms with Crippen LogP contribution in [0.4, 0.5) is 8.78 Å². The zero-order chi connectivity index (χ0) is 11.5. The fraction of sp³-hybridized carbons (Fsp3) is 0.500. The lowest BCUT2D eigenvalue weighted by Crippen LogP contribution is -2.28. The van der Waals surface area contributed by atoms with Crippen molar-refractivity contribution < 1.29 is 8.78 Å². The van der Waals surface area contributed by atoms with E-state index in [-0.39, 0.29) is 0 Å². The molecule has 0 N–H and O–H groups in total. The van der Waals surface area contributed by atoms with Gasteiger partial charge in [-0.3, -0.25) is 4.90 Å². The summed E-state index contributed by atoms with van der Waals surface area (Å²) in [6, 6.07) is 4.81. The van der Waals surface area contributed by atoms with Gasteiger partial charge in [0.25, 0.3) is 0 Å². The third-order valence-electron chi connectivity index (χ3n) is 2.84. The first-order valence-corrected chi connectivity index (χ1v) is 5.98. The van der Waals surface area contributed by atoms with Gasteiger partial charge in [-0.05, 0) is 18.9 Å². The summed E-state index contributed by atoms with van der Waals surface area (Å²) in [4.78, 5) is 2.12. The maximum atomic E-state index is 13.5. The van der Waals surface area contributed by atoms with Gasteiger partial charge in [-0.15, -0.1) is 11.6 Å². The van der Waals surface area contributed by atoms with Crippen LogP contribution in [0.15, 0.2) is 18.2 Å². The molecule has 1 aromatic rings. The van der Waals surface area contributed by atoms with Gasteiger partial charge in [-0.2, -0.15) is 0 Å². The molecule has 1 fully saturated rings. The first-order valence-electron chi connectivity index (χ1n) is 5.45. The molecular weight excluding hydrogens is 232 g/mol. The number of alkyl halides is 1. The summed E-state index contributed by atoms with van der Waals surface area (Å²) in [5.74, 6) is -0.991. The molecule has 0 saturated heterocycles. The molecule has 0 bridgehead atoms. The Labute approximate surface area is 99.0 Å². The number of hydrogen-bond donors (Lipinski definition) is 0. The molecule has 0 unspecified atom stereocenters. The minimum Gasteiger partial charge on any atom is -0.295 e. The maximum absolute atomic E-state index is 13.5. The van der Waals surface area contributed by atoms with Crippen molar-refractivity contribution in [3.63, 3.8) is 0 Å². The van der Waals surface area contributed by atoms with E-state index in [0.717, 1.165) is 25.5 Å². The Bertz CT molecular complexity index is 366. The summed E-state index contributed by atoms with van der Waals surface area (Å²) < 4.78 is 26.5. The van der Waals surface area contributed by atoms with E-state index in [1.807, 2.05) is 0 Å². The molecule has 4 heteroatoms. The second-order valence-corrected chi connectivity index (χ2v) is 4.48. The van der Waals surface area contributed by atoms with E-state index >= 15 is 0 Å². The molecule has 1 nitrogen and oxygen atoms in total. The average Bonchev–Trinajstić information content (AvgIpc) is 3.07. The van der Waals surface area contributed by atoms with Gasteiger partial charge in [0, 0.05) is 30.6 Å². The number of rotatable bonds is 5. The highest BCUT2D eigenvalue weighted by molar-refractivity contribution is 6.18. The van der Waals surface area contributed by atoms with Crippen LogP contribution < -0.4 is 0 Å². The van der Waals surface area contributed by atoms with E-state index in [0.29, 0.717) is 24.0 Å². The minimum absolute atomic E-state index is 0.414. The third kappa shape index (κ3) is 2.71. The SMILES string of the molecule is Fc1cccc(CN(CCCl)C2CC2)c1F. The van der Waals surface area contributed by atoms with Crippen molar-refractivity contribution in [3.8, 4) is 0 Å². The topological polar surface area (TPSA) is 3.24 Å². The molecule has 0 radical (unpaired) electrons. The second kappa shape index (κ2) is 5.11. The molecule has 0 aromatic heterocycles. The van der Waals surface area contributed by atoms with Crippen molar-refractivity contribution in [2.45, 2.75) is 25.4 Å². The van der Waals surface area contributed by atoms with Gasteiger partial charge >= 0.3 is 0 Å². The first kappa shape index (κ1) is 11.8. The van der Waals surface area contributed by atoms with Crippen LogP contribution in [0.1, 0.15) is 18.4 Å². The Morgan fingerprint density at radius 3 is 2.69 bits per heavy atom. The van der Waals surface area contributed by atoms with Crippen LogP contribution in [-0.2, 0) is 6.54 Å². The molecule has 0 heterocycles. The lowest BCUT2D eigenvalue weighted by molar-refractivity contribution is 0.265. The predicted octanol–water partition coefficient (Wildman–Crippen LogP) is 3.17. The molecular formula is C12H14ClF2N. The average molecular weight is 246 g/mol. The molecule has 1 saturated carbocycles. The van der Waals surface area contributed by atoms with Crippen molar-refractivity contribution in [3.05, 3.63) is 35.4 Å². The fourth-order valence-corrected chi connectivity index (χ4v) is 2.05. The molecule has 2 rings (SSSR count). The van der Waals surface area contributed by atoms with E-state index in [4.69, 9.17) is 11.6 Å². The summed E-state index contributed by atoms with van der Waals surface area (Å²) in [5.41, 5.74) is 0.414. The molecule has 1 aliphatic carbocycles. The summed E-state index contributed by atoms with van der Waals surface area (Å²) in [6.07, 6.45) is 2.27. The van der Waals surface area contributed by atoms with Gasteiger partial charge in [-0.25, -0.2) is 8.78 Å². The molecule has 16 heavy (non-hydrogen) atoms. The molecule has 0 atom stereocenters. The monoisotopic (exact) mass is 245 g/mol. The predicted molar refractivity (Wildman–Crippen MR) is 60.5 cm³/mol. The molecule has 0 amide bonds. The van der Waals surface area contributed by atoms with Gasteiger partial charge in [0.2, 0.25) is 0 Å². The van der Waals surface area contributed by atoms with E-state index in [1.54, 1.807) is 12.1 Å². The molecule has 88 valence electrons. The standard InChI is InChI=1S/C12H14ClF2N/c13-6-7-16(10-4-5-10)8-9-2-1-3-11(14)12(9)15/h1-3,10H,4-8H2. The number of benzene rings is 1. The van der Waals surface area contributed by atoms with E-state index in [9.17, 15) is 8.78 Å². The van der Waals surface area contributed by atoms with Crippen LogP contribution in [0.2, 0.25) is 0 Å². The highest BCUT2D eigenvalue weighted by Gasteiger charge is 2.29. The van der Waals surface area contributed by atoms with E-state index in [2.05, 4.69) is 4.90 Å². The van der Waals surface area contributed by atoms with E-state index in [1.165, 1.54) is 0 Å². The van der Waals surface area contributed by atoms with Crippen molar-refractivity contribution in [2.75, 3.05) is 12.4 Å². The second-order valence-electron chi connectivity index (χ2n) is 4.10. The lowest BCUT2D eigenvalue weighted by atomic mass is 10.2. The summed E-state index contributed by atoms with van der Waals surface area (Å²) in [7, 11) is 0. The van der Waals surface area contributed by atoms with Crippen molar-refractivity contribution in [2.24, 2.45) is 0 Å². The Kier molecular flexibility index (Phi) is 3.77. The smallest absolute Gasteiger partial charge is 0.163 e. The fourth-order valence-electron chi connectivity index (χ4n) is 1.83. The summed E-state index contributed by atoms with van der Waals surface area (Å²) in [6.45, 7) is 1.17. The van der Waals surface area contributed by atoms with Gasteiger partial charge in [-0.1, -0.05) is 12.1 Å². The van der Waals surface area contributed by atoms with Crippen LogP contribution in [0.3, 0.4) is 0 Å². The zero-order valence-electron chi connectivity index (χ0n) is 8.93. The molecule has 1 aliphatic rings.